The summed E-state index contributed by atoms with van der Waals surface area (Å²) in [5.74, 6) is 8.13. The normalized spacial score (nSPS) is 14.9. The topological polar surface area (TPSA) is 99.6 Å². The van der Waals surface area contributed by atoms with Gasteiger partial charge in [-0.15, -0.1) is 0 Å². The lowest BCUT2D eigenvalue weighted by atomic mass is 10.1. The summed E-state index contributed by atoms with van der Waals surface area (Å²) in [7, 11) is 0. The molecule has 9 nitrogen and oxygen atoms in total. The summed E-state index contributed by atoms with van der Waals surface area (Å²) >= 11 is 6.29. The predicted molar refractivity (Wildman–Crippen MR) is 151 cm³/mol. The van der Waals surface area contributed by atoms with E-state index >= 15 is 0 Å². The largest absolute Gasteiger partial charge is 0.492 e. The molecule has 1 aliphatic carbocycles. The van der Waals surface area contributed by atoms with Gasteiger partial charge in [0.2, 0.25) is 0 Å². The molecule has 10 heteroatoms. The molecule has 0 unspecified atom stereocenters. The Kier molecular flexibility index (Phi) is 6.98. The Morgan fingerprint density at radius 3 is 2.65 bits per heavy atom. The van der Waals surface area contributed by atoms with Crippen molar-refractivity contribution in [2.24, 2.45) is 5.92 Å². The molecule has 5 heterocycles. The van der Waals surface area contributed by atoms with Gasteiger partial charge >= 0.3 is 0 Å². The SMILES string of the molecule is CCOc1cc(-c2ccc(N3CCN(C(=O)c4cc(C#CC5CC5)cnc4Cl)CC3)nc2)c2c(C#N)cnn2c1. The van der Waals surface area contributed by atoms with Gasteiger partial charge in [0.15, 0.2) is 0 Å². The monoisotopic (exact) mass is 551 g/mol. The van der Waals surface area contributed by atoms with Crippen LogP contribution in [0, 0.1) is 29.1 Å². The summed E-state index contributed by atoms with van der Waals surface area (Å²) in [6.07, 6.45) is 9.02. The molecule has 0 N–H and O–H groups in total. The van der Waals surface area contributed by atoms with Crippen molar-refractivity contribution in [2.45, 2.75) is 19.8 Å². The average molecular weight is 552 g/mol. The Morgan fingerprint density at radius 2 is 1.95 bits per heavy atom. The van der Waals surface area contributed by atoms with Crippen molar-refractivity contribution >= 4 is 28.8 Å². The van der Waals surface area contributed by atoms with Gasteiger partial charge in [0.05, 0.1) is 35.6 Å². The molecule has 0 spiro atoms. The van der Waals surface area contributed by atoms with Crippen LogP contribution in [0.5, 0.6) is 5.75 Å². The Balaban J connectivity index is 1.16. The maximum absolute atomic E-state index is 13.3. The molecule has 1 saturated heterocycles. The highest BCUT2D eigenvalue weighted by Crippen LogP contribution is 2.32. The summed E-state index contributed by atoms with van der Waals surface area (Å²) < 4.78 is 7.38. The lowest BCUT2D eigenvalue weighted by molar-refractivity contribution is 0.0746. The van der Waals surface area contributed by atoms with E-state index < -0.39 is 0 Å². The summed E-state index contributed by atoms with van der Waals surface area (Å²) in [6, 6.07) is 9.82. The molecule has 1 amide bonds. The Morgan fingerprint density at radius 1 is 1.12 bits per heavy atom. The Labute approximate surface area is 237 Å². The third-order valence-corrected chi connectivity index (χ3v) is 7.34. The number of nitriles is 1. The summed E-state index contributed by atoms with van der Waals surface area (Å²) in [6.45, 7) is 4.78. The zero-order chi connectivity index (χ0) is 27.6. The van der Waals surface area contributed by atoms with E-state index in [1.165, 1.54) is 0 Å². The molecular formula is C30H26ClN7O2. The van der Waals surface area contributed by atoms with Crippen LogP contribution in [0.1, 0.15) is 41.3 Å². The molecule has 4 aromatic heterocycles. The van der Waals surface area contributed by atoms with Crippen molar-refractivity contribution in [1.29, 1.82) is 5.26 Å². The second-order valence-corrected chi connectivity index (χ2v) is 10.1. The first-order valence-electron chi connectivity index (χ1n) is 13.3. The third-order valence-electron chi connectivity index (χ3n) is 7.04. The van der Waals surface area contributed by atoms with Gasteiger partial charge in [0.1, 0.15) is 22.8 Å². The van der Waals surface area contributed by atoms with Gasteiger partial charge in [-0.1, -0.05) is 23.4 Å². The van der Waals surface area contributed by atoms with E-state index in [0.717, 1.165) is 29.8 Å². The van der Waals surface area contributed by atoms with Crippen molar-refractivity contribution in [1.82, 2.24) is 24.5 Å². The van der Waals surface area contributed by atoms with E-state index in [1.807, 2.05) is 25.1 Å². The highest BCUT2D eigenvalue weighted by atomic mass is 35.5. The highest BCUT2D eigenvalue weighted by molar-refractivity contribution is 6.32. The van der Waals surface area contributed by atoms with Gasteiger partial charge < -0.3 is 14.5 Å². The zero-order valence-corrected chi connectivity index (χ0v) is 22.7. The molecule has 0 radical (unpaired) electrons. The van der Waals surface area contributed by atoms with Crippen LogP contribution in [-0.4, -0.2) is 63.2 Å². The Hall–Kier alpha value is -4.60. The lowest BCUT2D eigenvalue weighted by Crippen LogP contribution is -2.49. The van der Waals surface area contributed by atoms with Gasteiger partial charge in [-0.2, -0.15) is 10.4 Å². The van der Waals surface area contributed by atoms with Crippen LogP contribution in [0.3, 0.4) is 0 Å². The lowest BCUT2D eigenvalue weighted by Gasteiger charge is -2.35. The molecule has 0 aromatic carbocycles. The molecule has 2 aliphatic rings. The first kappa shape index (κ1) is 25.7. The molecule has 0 atom stereocenters. The fourth-order valence-corrected chi connectivity index (χ4v) is 4.95. The fourth-order valence-electron chi connectivity index (χ4n) is 4.77. The number of aromatic nitrogens is 4. The number of hydrogen-bond donors (Lipinski definition) is 0. The van der Waals surface area contributed by atoms with Gasteiger partial charge in [-0.05, 0) is 44.0 Å². The van der Waals surface area contributed by atoms with Crippen molar-refractivity contribution in [3.8, 4) is 34.8 Å². The van der Waals surface area contributed by atoms with E-state index in [-0.39, 0.29) is 11.1 Å². The molecule has 6 rings (SSSR count). The number of pyridine rings is 3. The van der Waals surface area contributed by atoms with Gasteiger partial charge in [0, 0.05) is 61.2 Å². The first-order valence-corrected chi connectivity index (χ1v) is 13.6. The van der Waals surface area contributed by atoms with E-state index in [4.69, 9.17) is 21.3 Å². The third kappa shape index (κ3) is 5.16. The average Bonchev–Trinajstić information content (AvgIpc) is 3.73. The molecule has 2 fully saturated rings. The summed E-state index contributed by atoms with van der Waals surface area (Å²) in [5, 5.41) is 14.1. The molecule has 40 heavy (non-hydrogen) atoms. The van der Waals surface area contributed by atoms with Crippen LogP contribution < -0.4 is 9.64 Å². The van der Waals surface area contributed by atoms with Gasteiger partial charge in [-0.3, -0.25) is 4.79 Å². The second kappa shape index (κ2) is 10.9. The van der Waals surface area contributed by atoms with E-state index in [9.17, 15) is 10.1 Å². The number of piperazine rings is 1. The first-order chi connectivity index (χ1) is 19.5. The van der Waals surface area contributed by atoms with Crippen molar-refractivity contribution < 1.29 is 9.53 Å². The van der Waals surface area contributed by atoms with Gasteiger partial charge in [0.25, 0.3) is 5.91 Å². The molecule has 1 aliphatic heterocycles. The number of carbonyl (C=O) groups is 1. The minimum absolute atomic E-state index is 0.136. The number of hydrogen-bond acceptors (Lipinski definition) is 7. The van der Waals surface area contributed by atoms with Crippen LogP contribution in [-0.2, 0) is 0 Å². The molecule has 200 valence electrons. The molecule has 1 saturated carbocycles. The number of amides is 1. The number of anilines is 1. The smallest absolute Gasteiger partial charge is 0.257 e. The zero-order valence-electron chi connectivity index (χ0n) is 22.0. The van der Waals surface area contributed by atoms with Crippen molar-refractivity contribution in [2.75, 3.05) is 37.7 Å². The number of rotatable bonds is 5. The van der Waals surface area contributed by atoms with Crippen molar-refractivity contribution in [3.05, 3.63) is 70.9 Å². The van der Waals surface area contributed by atoms with Crippen LogP contribution >= 0.6 is 11.6 Å². The standard InChI is InChI=1S/C30H26ClN7O2/c1-2-40-24-14-25(28-23(15-32)18-35-38(28)19-24)22-7-8-27(33-17-22)36-9-11-37(12-10-36)30(39)26-13-21(16-34-29(26)31)6-5-20-3-4-20/h7-8,13-14,16-20H,2-4,9-12H2,1H3. The van der Waals surface area contributed by atoms with Crippen molar-refractivity contribution in [3.63, 3.8) is 0 Å². The number of halogens is 1. The Bertz CT molecular complexity index is 1690. The number of fused-ring (bicyclic) bond motifs is 1. The molecule has 4 aromatic rings. The van der Waals surface area contributed by atoms with Crippen LogP contribution in [0.2, 0.25) is 5.15 Å². The second-order valence-electron chi connectivity index (χ2n) is 9.78. The van der Waals surface area contributed by atoms with E-state index in [1.54, 1.807) is 40.3 Å². The summed E-state index contributed by atoms with van der Waals surface area (Å²) in [5.41, 5.74) is 3.97. The molecule has 0 bridgehead atoms. The van der Waals surface area contributed by atoms with Crippen LogP contribution in [0.25, 0.3) is 16.6 Å². The number of nitrogens with zero attached hydrogens (tertiary/aromatic N) is 7. The molecular weight excluding hydrogens is 526 g/mol. The predicted octanol–water partition coefficient (Wildman–Crippen LogP) is 4.44. The van der Waals surface area contributed by atoms with Crippen LogP contribution in [0.4, 0.5) is 5.82 Å². The van der Waals surface area contributed by atoms with E-state index in [0.29, 0.717) is 66.7 Å². The number of carbonyl (C=O) groups excluding carboxylic acids is 1. The quantitative estimate of drug-likeness (QED) is 0.267. The van der Waals surface area contributed by atoms with Gasteiger partial charge in [-0.25, -0.2) is 14.5 Å². The summed E-state index contributed by atoms with van der Waals surface area (Å²) in [4.78, 5) is 26.1. The minimum Gasteiger partial charge on any atom is -0.492 e. The maximum Gasteiger partial charge on any atom is 0.257 e. The maximum atomic E-state index is 13.3. The van der Waals surface area contributed by atoms with E-state index in [2.05, 4.69) is 32.9 Å². The fraction of sp³-hybridized carbons (Fsp3) is 0.300. The van der Waals surface area contributed by atoms with Crippen LogP contribution in [0.15, 0.2) is 49.1 Å². The highest BCUT2D eigenvalue weighted by Gasteiger charge is 2.25. The minimum atomic E-state index is -0.136. The number of ether oxygens (including phenoxy) is 1.